The standard InChI is InChI=1S/C49H92O6/c1-4-7-10-13-16-19-22-23-24-25-26-27-28-31-33-36-39-42-48(51)54-45-46(55-49(52)43-40-37-34-30-21-18-15-12-9-6-3)44-53-47(50)41-38-35-32-29-20-17-14-11-8-5-2/h12,15,46H,4-11,13-14,16-45H2,1-3H3/b15-12-. The second kappa shape index (κ2) is 44.9. The fourth-order valence-corrected chi connectivity index (χ4v) is 7.09. The van der Waals surface area contributed by atoms with Crippen LogP contribution in [0.2, 0.25) is 0 Å². The zero-order chi connectivity index (χ0) is 40.1. The van der Waals surface area contributed by atoms with Crippen LogP contribution in [0.5, 0.6) is 0 Å². The van der Waals surface area contributed by atoms with Crippen molar-refractivity contribution >= 4 is 17.9 Å². The van der Waals surface area contributed by atoms with Gasteiger partial charge < -0.3 is 14.2 Å². The van der Waals surface area contributed by atoms with Crippen LogP contribution in [0.1, 0.15) is 265 Å². The summed E-state index contributed by atoms with van der Waals surface area (Å²) in [7, 11) is 0. The molecule has 1 unspecified atom stereocenters. The molecule has 0 aromatic heterocycles. The highest BCUT2D eigenvalue weighted by molar-refractivity contribution is 5.71. The van der Waals surface area contributed by atoms with Crippen molar-refractivity contribution in [2.45, 2.75) is 271 Å². The summed E-state index contributed by atoms with van der Waals surface area (Å²) in [6.45, 7) is 6.58. The normalized spacial score (nSPS) is 12.0. The van der Waals surface area contributed by atoms with Gasteiger partial charge in [0.1, 0.15) is 13.2 Å². The molecule has 0 aliphatic rings. The van der Waals surface area contributed by atoms with Crippen LogP contribution in [0.3, 0.4) is 0 Å². The van der Waals surface area contributed by atoms with Crippen LogP contribution < -0.4 is 0 Å². The number of carbonyl (C=O) groups excluding carboxylic acids is 3. The van der Waals surface area contributed by atoms with Gasteiger partial charge in [0, 0.05) is 19.3 Å². The molecule has 0 N–H and O–H groups in total. The van der Waals surface area contributed by atoms with Crippen molar-refractivity contribution in [2.24, 2.45) is 0 Å². The van der Waals surface area contributed by atoms with E-state index >= 15 is 0 Å². The van der Waals surface area contributed by atoms with Crippen LogP contribution in [0.25, 0.3) is 0 Å². The molecule has 0 aliphatic carbocycles. The van der Waals surface area contributed by atoms with Crippen molar-refractivity contribution in [3.63, 3.8) is 0 Å². The minimum absolute atomic E-state index is 0.0688. The highest BCUT2D eigenvalue weighted by Crippen LogP contribution is 2.16. The number of esters is 3. The van der Waals surface area contributed by atoms with E-state index in [0.29, 0.717) is 19.3 Å². The molecule has 0 rings (SSSR count). The molecule has 55 heavy (non-hydrogen) atoms. The van der Waals surface area contributed by atoms with Crippen LogP contribution in [0, 0.1) is 0 Å². The predicted molar refractivity (Wildman–Crippen MR) is 233 cm³/mol. The minimum atomic E-state index is -0.765. The van der Waals surface area contributed by atoms with Gasteiger partial charge in [0.15, 0.2) is 6.10 Å². The fraction of sp³-hybridized carbons (Fsp3) is 0.898. The summed E-state index contributed by atoms with van der Waals surface area (Å²) in [6.07, 6.45) is 47.7. The zero-order valence-electron chi connectivity index (χ0n) is 37.0. The number of hydrogen-bond donors (Lipinski definition) is 0. The van der Waals surface area contributed by atoms with E-state index in [1.807, 2.05) is 0 Å². The van der Waals surface area contributed by atoms with E-state index in [1.165, 1.54) is 154 Å². The topological polar surface area (TPSA) is 78.9 Å². The molecule has 1 atom stereocenters. The number of allylic oxidation sites excluding steroid dienone is 2. The SMILES string of the molecule is CCC/C=C\CCCCCCCC(=O)OC(COC(=O)CCCCCCCCCCCC)COC(=O)CCCCCCCCCCCCCCCCCCC. The molecule has 0 fully saturated rings. The first-order valence-electron chi connectivity index (χ1n) is 24.2. The van der Waals surface area contributed by atoms with Crippen molar-refractivity contribution in [3.8, 4) is 0 Å². The number of carbonyl (C=O) groups is 3. The summed E-state index contributed by atoms with van der Waals surface area (Å²) in [5.41, 5.74) is 0. The Morgan fingerprint density at radius 3 is 0.982 bits per heavy atom. The number of unbranched alkanes of at least 4 members (excludes halogenated alkanes) is 31. The average molecular weight is 777 g/mol. The van der Waals surface area contributed by atoms with Crippen LogP contribution in [0.4, 0.5) is 0 Å². The zero-order valence-corrected chi connectivity index (χ0v) is 37.0. The molecule has 6 nitrogen and oxygen atoms in total. The molecule has 0 bridgehead atoms. The van der Waals surface area contributed by atoms with E-state index in [-0.39, 0.29) is 31.1 Å². The lowest BCUT2D eigenvalue weighted by Gasteiger charge is -2.18. The molecule has 0 radical (unpaired) electrons. The van der Waals surface area contributed by atoms with Crippen LogP contribution in [0.15, 0.2) is 12.2 Å². The molecule has 0 heterocycles. The smallest absolute Gasteiger partial charge is 0.306 e. The first kappa shape index (κ1) is 53.1. The maximum absolute atomic E-state index is 12.7. The van der Waals surface area contributed by atoms with Crippen molar-refractivity contribution in [1.29, 1.82) is 0 Å². The molecule has 0 spiro atoms. The molecule has 324 valence electrons. The summed E-state index contributed by atoms with van der Waals surface area (Å²) >= 11 is 0. The molecule has 0 aromatic rings. The quantitative estimate of drug-likeness (QED) is 0.0265. The average Bonchev–Trinajstić information content (AvgIpc) is 3.18. The molecule has 6 heteroatoms. The third kappa shape index (κ3) is 43.1. The number of rotatable bonds is 44. The number of hydrogen-bond acceptors (Lipinski definition) is 6. The van der Waals surface area contributed by atoms with Crippen LogP contribution in [-0.2, 0) is 28.6 Å². The Hall–Kier alpha value is -1.85. The van der Waals surface area contributed by atoms with E-state index in [9.17, 15) is 14.4 Å². The maximum Gasteiger partial charge on any atom is 0.306 e. The van der Waals surface area contributed by atoms with Gasteiger partial charge in [-0.05, 0) is 38.5 Å². The second-order valence-corrected chi connectivity index (χ2v) is 16.4. The van der Waals surface area contributed by atoms with Crippen molar-refractivity contribution in [2.75, 3.05) is 13.2 Å². The van der Waals surface area contributed by atoms with Crippen LogP contribution >= 0.6 is 0 Å². The molecule has 0 aromatic carbocycles. The van der Waals surface area contributed by atoms with Gasteiger partial charge >= 0.3 is 17.9 Å². The fourth-order valence-electron chi connectivity index (χ4n) is 7.09. The largest absolute Gasteiger partial charge is 0.462 e. The van der Waals surface area contributed by atoms with E-state index in [1.54, 1.807) is 0 Å². The third-order valence-corrected chi connectivity index (χ3v) is 10.8. The van der Waals surface area contributed by atoms with Gasteiger partial charge in [0.25, 0.3) is 0 Å². The Kier molecular flexibility index (Phi) is 43.4. The predicted octanol–water partition coefficient (Wildman–Crippen LogP) is 15.4. The summed E-state index contributed by atoms with van der Waals surface area (Å²) < 4.78 is 16.7. The van der Waals surface area contributed by atoms with Crippen molar-refractivity contribution in [1.82, 2.24) is 0 Å². The van der Waals surface area contributed by atoms with Gasteiger partial charge in [-0.3, -0.25) is 14.4 Å². The van der Waals surface area contributed by atoms with E-state index in [4.69, 9.17) is 14.2 Å². The number of ether oxygens (including phenoxy) is 3. The van der Waals surface area contributed by atoms with Crippen LogP contribution in [-0.4, -0.2) is 37.2 Å². The molecule has 0 amide bonds. The highest BCUT2D eigenvalue weighted by atomic mass is 16.6. The minimum Gasteiger partial charge on any atom is -0.462 e. The lowest BCUT2D eigenvalue weighted by atomic mass is 10.0. The Morgan fingerprint density at radius 2 is 0.636 bits per heavy atom. The Balaban J connectivity index is 4.25. The monoisotopic (exact) mass is 777 g/mol. The Labute approximate surface area is 341 Å². The lowest BCUT2D eigenvalue weighted by molar-refractivity contribution is -0.167. The second-order valence-electron chi connectivity index (χ2n) is 16.4. The molecular weight excluding hydrogens is 685 g/mol. The van der Waals surface area contributed by atoms with E-state index < -0.39 is 6.10 Å². The third-order valence-electron chi connectivity index (χ3n) is 10.8. The molecule has 0 saturated heterocycles. The highest BCUT2D eigenvalue weighted by Gasteiger charge is 2.19. The van der Waals surface area contributed by atoms with Crippen molar-refractivity contribution in [3.05, 3.63) is 12.2 Å². The van der Waals surface area contributed by atoms with Gasteiger partial charge in [-0.15, -0.1) is 0 Å². The maximum atomic E-state index is 12.7. The molecule has 0 saturated carbocycles. The van der Waals surface area contributed by atoms with Gasteiger partial charge in [-0.2, -0.15) is 0 Å². The summed E-state index contributed by atoms with van der Waals surface area (Å²) in [5.74, 6) is -0.870. The van der Waals surface area contributed by atoms with E-state index in [0.717, 1.165) is 70.6 Å². The van der Waals surface area contributed by atoms with Gasteiger partial charge in [-0.1, -0.05) is 219 Å². The van der Waals surface area contributed by atoms with Gasteiger partial charge in [-0.25, -0.2) is 0 Å². The molecule has 0 aliphatic heterocycles. The van der Waals surface area contributed by atoms with Gasteiger partial charge in [0.05, 0.1) is 0 Å². The Morgan fingerprint density at radius 1 is 0.345 bits per heavy atom. The molecular formula is C49H92O6. The van der Waals surface area contributed by atoms with E-state index in [2.05, 4.69) is 32.9 Å². The first-order valence-corrected chi connectivity index (χ1v) is 24.2. The summed E-state index contributed by atoms with van der Waals surface area (Å²) in [4.78, 5) is 37.7. The summed E-state index contributed by atoms with van der Waals surface area (Å²) in [6, 6.07) is 0. The van der Waals surface area contributed by atoms with Crippen molar-refractivity contribution < 1.29 is 28.6 Å². The first-order chi connectivity index (χ1) is 27.0. The Bertz CT molecular complexity index is 854. The lowest BCUT2D eigenvalue weighted by Crippen LogP contribution is -2.30. The van der Waals surface area contributed by atoms with Gasteiger partial charge in [0.2, 0.25) is 0 Å². The summed E-state index contributed by atoms with van der Waals surface area (Å²) in [5, 5.41) is 0.